The van der Waals surface area contributed by atoms with Crippen LogP contribution in [0.4, 0.5) is 0 Å². The van der Waals surface area contributed by atoms with Crippen molar-refractivity contribution in [3.8, 4) is 0 Å². The van der Waals surface area contributed by atoms with E-state index in [0.29, 0.717) is 12.3 Å². The number of hydrogen-bond acceptors (Lipinski definition) is 3. The first-order valence-corrected chi connectivity index (χ1v) is 6.82. The first kappa shape index (κ1) is 13.3. The van der Waals surface area contributed by atoms with E-state index < -0.39 is 5.97 Å². The van der Waals surface area contributed by atoms with Crippen LogP contribution in [0.2, 0.25) is 0 Å². The minimum atomic E-state index is -0.749. The van der Waals surface area contributed by atoms with E-state index in [1.165, 1.54) is 0 Å². The third-order valence-electron chi connectivity index (χ3n) is 4.19. The molecule has 0 aromatic heterocycles. The van der Waals surface area contributed by atoms with Crippen LogP contribution in [0.25, 0.3) is 0 Å². The van der Waals surface area contributed by atoms with Crippen LogP contribution in [0.1, 0.15) is 38.5 Å². The molecule has 5 heteroatoms. The molecule has 3 atom stereocenters. The van der Waals surface area contributed by atoms with E-state index in [2.05, 4.69) is 0 Å². The molecule has 2 aliphatic rings. The molecule has 0 spiro atoms. The number of carbonyl (C=O) groups is 2. The van der Waals surface area contributed by atoms with Gasteiger partial charge in [0.05, 0.1) is 0 Å². The van der Waals surface area contributed by atoms with Crippen LogP contribution >= 0.6 is 0 Å². The minimum Gasteiger partial charge on any atom is -0.481 e. The fourth-order valence-electron chi connectivity index (χ4n) is 3.09. The number of nitrogens with two attached hydrogens (primary N) is 1. The summed E-state index contributed by atoms with van der Waals surface area (Å²) in [4.78, 5) is 24.7. The van der Waals surface area contributed by atoms with Gasteiger partial charge >= 0.3 is 5.97 Å². The molecule has 3 unspecified atom stereocenters. The lowest BCUT2D eigenvalue weighted by Gasteiger charge is -2.20. The van der Waals surface area contributed by atoms with E-state index in [9.17, 15) is 9.59 Å². The molecule has 1 aliphatic carbocycles. The molecule has 102 valence electrons. The van der Waals surface area contributed by atoms with Crippen LogP contribution in [-0.2, 0) is 9.59 Å². The van der Waals surface area contributed by atoms with Crippen molar-refractivity contribution in [3.63, 3.8) is 0 Å². The van der Waals surface area contributed by atoms with Crippen LogP contribution in [-0.4, -0.2) is 41.0 Å². The van der Waals surface area contributed by atoms with Gasteiger partial charge in [0.25, 0.3) is 0 Å². The summed E-state index contributed by atoms with van der Waals surface area (Å²) in [5, 5.41) is 8.66. The topological polar surface area (TPSA) is 83.6 Å². The van der Waals surface area contributed by atoms with Crippen LogP contribution in [0.3, 0.4) is 0 Å². The average molecular weight is 254 g/mol. The van der Waals surface area contributed by atoms with Crippen molar-refractivity contribution in [2.45, 2.75) is 44.6 Å². The summed E-state index contributed by atoms with van der Waals surface area (Å²) in [5.74, 6) is -0.0410. The van der Waals surface area contributed by atoms with Crippen molar-refractivity contribution in [2.24, 2.45) is 17.6 Å². The number of nitrogens with zero attached hydrogens (tertiary/aromatic N) is 1. The number of aliphatic carboxylic acids is 1. The second kappa shape index (κ2) is 5.69. The molecular formula is C13H22N2O3. The lowest BCUT2D eigenvalue weighted by molar-refractivity contribution is -0.137. The molecule has 0 radical (unpaired) electrons. The van der Waals surface area contributed by atoms with Crippen molar-refractivity contribution in [1.82, 2.24) is 4.90 Å². The normalized spacial score (nSPS) is 31.8. The Bertz CT molecular complexity index is 332. The molecule has 1 aliphatic heterocycles. The Kier molecular flexibility index (Phi) is 4.22. The van der Waals surface area contributed by atoms with Gasteiger partial charge in [0, 0.05) is 31.5 Å². The third-order valence-corrected chi connectivity index (χ3v) is 4.19. The summed E-state index contributed by atoms with van der Waals surface area (Å²) in [7, 11) is 0. The predicted octanol–water partition coefficient (Wildman–Crippen LogP) is 0.827. The second-order valence-electron chi connectivity index (χ2n) is 5.64. The number of carboxylic acids is 1. The molecule has 1 amide bonds. The molecule has 1 saturated carbocycles. The first-order valence-electron chi connectivity index (χ1n) is 6.82. The standard InChI is InChI=1S/C13H22N2O3/c14-11-3-2-10(7-11)13(18)15-6-5-9(8-15)1-4-12(16)17/h9-11H,1-8,14H2,(H,16,17). The van der Waals surface area contributed by atoms with Crippen LogP contribution in [0.5, 0.6) is 0 Å². The summed E-state index contributed by atoms with van der Waals surface area (Å²) < 4.78 is 0. The van der Waals surface area contributed by atoms with Crippen molar-refractivity contribution < 1.29 is 14.7 Å². The fraction of sp³-hybridized carbons (Fsp3) is 0.846. The van der Waals surface area contributed by atoms with Gasteiger partial charge in [0.2, 0.25) is 5.91 Å². The van der Waals surface area contributed by atoms with E-state index in [1.54, 1.807) is 0 Å². The molecule has 3 N–H and O–H groups in total. The van der Waals surface area contributed by atoms with E-state index >= 15 is 0 Å². The van der Waals surface area contributed by atoms with Crippen LogP contribution in [0, 0.1) is 11.8 Å². The number of amides is 1. The van der Waals surface area contributed by atoms with E-state index in [0.717, 1.165) is 38.8 Å². The summed E-state index contributed by atoms with van der Waals surface area (Å²) in [5.41, 5.74) is 5.83. The molecule has 18 heavy (non-hydrogen) atoms. The molecule has 2 rings (SSSR count). The van der Waals surface area contributed by atoms with Crippen molar-refractivity contribution in [1.29, 1.82) is 0 Å². The lowest BCUT2D eigenvalue weighted by atomic mass is 10.0. The lowest BCUT2D eigenvalue weighted by Crippen LogP contribution is -2.34. The number of carboxylic acid groups (broad SMARTS) is 1. The van der Waals surface area contributed by atoms with Crippen LogP contribution in [0.15, 0.2) is 0 Å². The summed E-state index contributed by atoms with van der Waals surface area (Å²) >= 11 is 0. The molecule has 2 fully saturated rings. The molecule has 1 saturated heterocycles. The number of carbonyl (C=O) groups excluding carboxylic acids is 1. The van der Waals surface area contributed by atoms with E-state index in [-0.39, 0.29) is 24.3 Å². The summed E-state index contributed by atoms with van der Waals surface area (Å²) in [6.07, 6.45) is 4.51. The second-order valence-corrected chi connectivity index (χ2v) is 5.64. The number of hydrogen-bond donors (Lipinski definition) is 2. The predicted molar refractivity (Wildman–Crippen MR) is 66.9 cm³/mol. The molecule has 0 aromatic rings. The van der Waals surface area contributed by atoms with Gasteiger partial charge in [-0.25, -0.2) is 0 Å². The zero-order chi connectivity index (χ0) is 13.1. The quantitative estimate of drug-likeness (QED) is 0.778. The molecule has 0 aromatic carbocycles. The molecule has 0 bridgehead atoms. The highest BCUT2D eigenvalue weighted by atomic mass is 16.4. The minimum absolute atomic E-state index is 0.109. The monoisotopic (exact) mass is 254 g/mol. The Morgan fingerprint density at radius 1 is 1.28 bits per heavy atom. The van der Waals surface area contributed by atoms with Gasteiger partial charge in [-0.15, -0.1) is 0 Å². The highest BCUT2D eigenvalue weighted by Gasteiger charge is 2.34. The van der Waals surface area contributed by atoms with Crippen LogP contribution < -0.4 is 5.73 Å². The van der Waals surface area contributed by atoms with Crippen molar-refractivity contribution in [3.05, 3.63) is 0 Å². The SMILES string of the molecule is NC1CCC(C(=O)N2CCC(CCC(=O)O)C2)C1. The van der Waals surface area contributed by atoms with Crippen molar-refractivity contribution >= 4 is 11.9 Å². The van der Waals surface area contributed by atoms with Gasteiger partial charge in [-0.2, -0.15) is 0 Å². The summed E-state index contributed by atoms with van der Waals surface area (Å²) in [6, 6.07) is 0.185. The number of likely N-dealkylation sites (tertiary alicyclic amines) is 1. The maximum Gasteiger partial charge on any atom is 0.303 e. The highest BCUT2D eigenvalue weighted by molar-refractivity contribution is 5.79. The van der Waals surface area contributed by atoms with Gasteiger partial charge in [-0.05, 0) is 38.0 Å². The smallest absolute Gasteiger partial charge is 0.303 e. The summed E-state index contributed by atoms with van der Waals surface area (Å²) in [6.45, 7) is 1.52. The van der Waals surface area contributed by atoms with Gasteiger partial charge in [0.1, 0.15) is 0 Å². The maximum absolute atomic E-state index is 12.2. The fourth-order valence-corrected chi connectivity index (χ4v) is 3.09. The van der Waals surface area contributed by atoms with E-state index in [4.69, 9.17) is 10.8 Å². The van der Waals surface area contributed by atoms with Gasteiger partial charge in [-0.1, -0.05) is 0 Å². The Hall–Kier alpha value is -1.10. The molecule has 5 nitrogen and oxygen atoms in total. The largest absolute Gasteiger partial charge is 0.481 e. The number of rotatable bonds is 4. The van der Waals surface area contributed by atoms with E-state index in [1.807, 2.05) is 4.90 Å². The third kappa shape index (κ3) is 3.22. The highest BCUT2D eigenvalue weighted by Crippen LogP contribution is 2.29. The Balaban J connectivity index is 1.77. The Morgan fingerprint density at radius 3 is 2.67 bits per heavy atom. The van der Waals surface area contributed by atoms with Gasteiger partial charge in [0.15, 0.2) is 0 Å². The average Bonchev–Trinajstić information content (AvgIpc) is 2.94. The zero-order valence-corrected chi connectivity index (χ0v) is 10.7. The zero-order valence-electron chi connectivity index (χ0n) is 10.7. The van der Waals surface area contributed by atoms with Crippen molar-refractivity contribution in [2.75, 3.05) is 13.1 Å². The Morgan fingerprint density at radius 2 is 2.06 bits per heavy atom. The molecular weight excluding hydrogens is 232 g/mol. The molecule has 1 heterocycles. The maximum atomic E-state index is 12.2. The van der Waals surface area contributed by atoms with Gasteiger partial charge < -0.3 is 15.7 Å². The Labute approximate surface area is 107 Å². The first-order chi connectivity index (χ1) is 8.56. The van der Waals surface area contributed by atoms with Gasteiger partial charge in [-0.3, -0.25) is 9.59 Å².